The molecule has 4 N–H and O–H groups in total. The average molecular weight is 567 g/mol. The molecule has 0 saturated heterocycles. The van der Waals surface area contributed by atoms with E-state index in [1.54, 1.807) is 0 Å². The number of benzene rings is 1. The van der Waals surface area contributed by atoms with Crippen molar-refractivity contribution in [2.24, 2.45) is 14.1 Å². The molecule has 1 aromatic carbocycles. The van der Waals surface area contributed by atoms with Crippen LogP contribution in [0.3, 0.4) is 0 Å². The Morgan fingerprint density at radius 3 is 2.32 bits per heavy atom. The second-order valence-corrected chi connectivity index (χ2v) is 10.2. The van der Waals surface area contributed by atoms with Crippen LogP contribution in [-0.2, 0) is 40.4 Å². The van der Waals surface area contributed by atoms with Crippen LogP contribution in [0.2, 0.25) is 0 Å². The zero-order valence-electron chi connectivity index (χ0n) is 23.4. The topological polar surface area (TPSA) is 186 Å². The summed E-state index contributed by atoms with van der Waals surface area (Å²) in [6.07, 6.45) is 1.05. The van der Waals surface area contributed by atoms with Crippen LogP contribution >= 0.6 is 0 Å². The van der Waals surface area contributed by atoms with Crippen molar-refractivity contribution in [2.75, 3.05) is 6.54 Å². The fraction of sp³-hybridized carbons (Fsp3) is 0.357. The molecule has 2 aliphatic rings. The highest BCUT2D eigenvalue weighted by atomic mass is 16.5. The minimum Gasteiger partial charge on any atom is -0.507 e. The summed E-state index contributed by atoms with van der Waals surface area (Å²) in [6, 6.07) is 1.25. The second-order valence-electron chi connectivity index (χ2n) is 10.2. The van der Waals surface area contributed by atoms with Gasteiger partial charge in [-0.05, 0) is 27.7 Å². The van der Waals surface area contributed by atoms with E-state index in [1.165, 1.54) is 52.4 Å². The van der Waals surface area contributed by atoms with Crippen LogP contribution in [0.1, 0.15) is 54.4 Å². The predicted octanol–water partition coefficient (Wildman–Crippen LogP) is 0.262. The first-order valence-corrected chi connectivity index (χ1v) is 12.7. The molecule has 41 heavy (non-hydrogen) atoms. The summed E-state index contributed by atoms with van der Waals surface area (Å²) >= 11 is 0. The molecule has 1 aliphatic heterocycles. The number of phenolic OH excluding ortho intramolecular Hbond substituents is 2. The highest BCUT2D eigenvalue weighted by molar-refractivity contribution is 6.31. The number of Topliss-reactive ketones (excluding diaryl/α,β-unsaturated/α-hetero) is 2. The monoisotopic (exact) mass is 566 g/mol. The second kappa shape index (κ2) is 10.2. The van der Waals surface area contributed by atoms with Gasteiger partial charge in [-0.2, -0.15) is 0 Å². The fourth-order valence-electron chi connectivity index (χ4n) is 5.04. The molecule has 1 amide bonds. The van der Waals surface area contributed by atoms with Gasteiger partial charge in [-0.15, -0.1) is 0 Å². The lowest BCUT2D eigenvalue weighted by Gasteiger charge is -2.29. The Hall–Kier alpha value is -4.94. The summed E-state index contributed by atoms with van der Waals surface area (Å²) < 4.78 is 7.94. The Morgan fingerprint density at radius 2 is 1.68 bits per heavy atom. The average Bonchev–Trinajstić information content (AvgIpc) is 3.20. The molecule has 2 heterocycles. The van der Waals surface area contributed by atoms with Gasteiger partial charge in [0.1, 0.15) is 34.0 Å². The van der Waals surface area contributed by atoms with Gasteiger partial charge in [0.15, 0.2) is 17.3 Å². The van der Waals surface area contributed by atoms with Gasteiger partial charge in [0.2, 0.25) is 5.91 Å². The molecular formula is C28H30N4O9. The van der Waals surface area contributed by atoms with Crippen molar-refractivity contribution in [3.05, 3.63) is 72.4 Å². The maximum atomic E-state index is 13.8. The van der Waals surface area contributed by atoms with E-state index in [4.69, 9.17) is 4.74 Å². The molecular weight excluding hydrogens is 536 g/mol. The SMILES string of the molecule is CC(=O)c1c(O)c(C)c(O)c2c1OC1=CC(=O)C(=C(C)NCCC(=O)NCc3cc(=O)n(C)c(=O)n3C)C(=O)C12C. The number of fused-ring (bicyclic) bond motifs is 3. The van der Waals surface area contributed by atoms with E-state index < -0.39 is 51.4 Å². The smallest absolute Gasteiger partial charge is 0.330 e. The molecule has 4 rings (SSSR count). The minimum atomic E-state index is -1.64. The van der Waals surface area contributed by atoms with E-state index in [1.807, 2.05) is 0 Å². The summed E-state index contributed by atoms with van der Waals surface area (Å²) in [5.41, 5.74) is -2.59. The van der Waals surface area contributed by atoms with Gasteiger partial charge < -0.3 is 25.6 Å². The maximum absolute atomic E-state index is 13.8. The quantitative estimate of drug-likeness (QED) is 0.206. The number of nitrogens with one attached hydrogen (secondary N) is 2. The predicted molar refractivity (Wildman–Crippen MR) is 145 cm³/mol. The molecule has 13 nitrogen and oxygen atoms in total. The first kappa shape index (κ1) is 29.1. The van der Waals surface area contributed by atoms with Crippen molar-refractivity contribution in [3.63, 3.8) is 0 Å². The van der Waals surface area contributed by atoms with Crippen molar-refractivity contribution in [2.45, 2.75) is 46.1 Å². The standard InChI is InChI=1S/C28H30N4O9/c1-12-23(37)21(14(3)33)25-22(24(12)38)28(4)17(41-25)10-16(34)20(26(28)39)13(2)29-8-7-18(35)30-11-15-9-19(36)32(6)27(40)31(15)5/h9-10,29,37-38H,7-8,11H2,1-6H3,(H,30,35). The van der Waals surface area contributed by atoms with E-state index in [2.05, 4.69) is 10.6 Å². The number of allylic oxidation sites excluding steroid dienone is 4. The number of ether oxygens (including phenoxy) is 1. The van der Waals surface area contributed by atoms with Crippen LogP contribution in [-0.4, -0.2) is 49.1 Å². The molecule has 216 valence electrons. The Morgan fingerprint density at radius 1 is 1.02 bits per heavy atom. The van der Waals surface area contributed by atoms with E-state index in [0.717, 1.165) is 10.6 Å². The number of rotatable bonds is 7. The molecule has 0 radical (unpaired) electrons. The third-order valence-electron chi connectivity index (χ3n) is 7.59. The third-order valence-corrected chi connectivity index (χ3v) is 7.59. The van der Waals surface area contributed by atoms with Crippen LogP contribution in [0.15, 0.2) is 38.8 Å². The zero-order chi connectivity index (χ0) is 30.5. The van der Waals surface area contributed by atoms with Crippen LogP contribution < -0.4 is 26.6 Å². The van der Waals surface area contributed by atoms with Gasteiger partial charge in [-0.25, -0.2) is 4.79 Å². The molecule has 1 unspecified atom stereocenters. The summed E-state index contributed by atoms with van der Waals surface area (Å²) in [5, 5.41) is 26.9. The number of aromatic hydroxyl groups is 2. The summed E-state index contributed by atoms with van der Waals surface area (Å²) in [5.74, 6) is -3.46. The highest BCUT2D eigenvalue weighted by Crippen LogP contribution is 2.57. The number of aromatic nitrogens is 2. The molecule has 1 atom stereocenters. The number of hydrogen-bond donors (Lipinski definition) is 4. The molecule has 0 spiro atoms. The van der Waals surface area contributed by atoms with Gasteiger partial charge in [-0.3, -0.25) is 33.1 Å². The molecule has 1 aromatic heterocycles. The number of phenols is 2. The number of ketones is 3. The third kappa shape index (κ3) is 4.52. The molecule has 13 heteroatoms. The zero-order valence-corrected chi connectivity index (χ0v) is 23.4. The Bertz CT molecular complexity index is 1740. The summed E-state index contributed by atoms with van der Waals surface area (Å²) in [4.78, 5) is 75.4. The molecule has 1 aliphatic carbocycles. The summed E-state index contributed by atoms with van der Waals surface area (Å²) in [6.45, 7) is 5.56. The van der Waals surface area contributed by atoms with Gasteiger partial charge >= 0.3 is 5.69 Å². The summed E-state index contributed by atoms with van der Waals surface area (Å²) in [7, 11) is 2.84. The Labute approximate surface area is 233 Å². The van der Waals surface area contributed by atoms with Crippen molar-refractivity contribution in [3.8, 4) is 17.2 Å². The van der Waals surface area contributed by atoms with Gasteiger partial charge in [0, 0.05) is 56.2 Å². The number of carbonyl (C=O) groups excluding carboxylic acids is 4. The molecule has 0 bridgehead atoms. The normalized spacial score (nSPS) is 18.7. The fourth-order valence-corrected chi connectivity index (χ4v) is 5.04. The minimum absolute atomic E-state index is 0.00736. The molecule has 0 fully saturated rings. The van der Waals surface area contributed by atoms with Gasteiger partial charge in [-0.1, -0.05) is 0 Å². The number of amides is 1. The van der Waals surface area contributed by atoms with Crippen molar-refractivity contribution in [1.82, 2.24) is 19.8 Å². The van der Waals surface area contributed by atoms with E-state index in [0.29, 0.717) is 5.69 Å². The molecule has 2 aromatic rings. The lowest BCUT2D eigenvalue weighted by Crippen LogP contribution is -2.41. The number of hydrogen-bond acceptors (Lipinski definition) is 10. The van der Waals surface area contributed by atoms with Crippen LogP contribution in [0.4, 0.5) is 0 Å². The van der Waals surface area contributed by atoms with Crippen LogP contribution in [0.25, 0.3) is 0 Å². The lowest BCUT2D eigenvalue weighted by atomic mass is 9.70. The number of nitrogens with zero attached hydrogens (tertiary/aromatic N) is 2. The largest absolute Gasteiger partial charge is 0.507 e. The lowest BCUT2D eigenvalue weighted by molar-refractivity contribution is -0.124. The van der Waals surface area contributed by atoms with Crippen LogP contribution in [0, 0.1) is 6.92 Å². The van der Waals surface area contributed by atoms with E-state index >= 15 is 0 Å². The first-order chi connectivity index (χ1) is 19.1. The van der Waals surface area contributed by atoms with Crippen molar-refractivity contribution in [1.29, 1.82) is 0 Å². The Kier molecular flexibility index (Phi) is 7.25. The van der Waals surface area contributed by atoms with Crippen molar-refractivity contribution >= 4 is 23.3 Å². The van der Waals surface area contributed by atoms with Gasteiger partial charge in [0.05, 0.1) is 17.7 Å². The molecule has 0 saturated carbocycles. The van der Waals surface area contributed by atoms with E-state index in [9.17, 15) is 39.0 Å². The van der Waals surface area contributed by atoms with Crippen molar-refractivity contribution < 1.29 is 34.1 Å². The Balaban J connectivity index is 1.54. The van der Waals surface area contributed by atoms with Gasteiger partial charge in [0.25, 0.3) is 5.56 Å². The van der Waals surface area contributed by atoms with E-state index in [-0.39, 0.29) is 59.0 Å². The maximum Gasteiger partial charge on any atom is 0.330 e. The number of carbonyl (C=O) groups is 4. The first-order valence-electron chi connectivity index (χ1n) is 12.7. The van der Waals surface area contributed by atoms with Crippen LogP contribution in [0.5, 0.6) is 17.2 Å². The highest BCUT2D eigenvalue weighted by Gasteiger charge is 2.56.